The van der Waals surface area contributed by atoms with Crippen molar-refractivity contribution in [2.45, 2.75) is 32.4 Å². The summed E-state index contributed by atoms with van der Waals surface area (Å²) >= 11 is 0. The van der Waals surface area contributed by atoms with E-state index >= 15 is 0 Å². The van der Waals surface area contributed by atoms with Crippen LogP contribution in [0.1, 0.15) is 37.3 Å². The molecule has 7 heteroatoms. The maximum Gasteiger partial charge on any atom is 0.249 e. The van der Waals surface area contributed by atoms with Gasteiger partial charge in [-0.3, -0.25) is 9.69 Å². The Morgan fingerprint density at radius 2 is 2.00 bits per heavy atom. The predicted molar refractivity (Wildman–Crippen MR) is 111 cm³/mol. The van der Waals surface area contributed by atoms with E-state index in [0.717, 1.165) is 32.5 Å². The van der Waals surface area contributed by atoms with E-state index in [1.165, 1.54) is 17.7 Å². The van der Waals surface area contributed by atoms with Crippen LogP contribution in [0.25, 0.3) is 11.4 Å². The molecule has 0 saturated carbocycles. The van der Waals surface area contributed by atoms with Gasteiger partial charge in [-0.2, -0.15) is 4.98 Å². The molecule has 2 heterocycles. The van der Waals surface area contributed by atoms with Crippen LogP contribution in [-0.2, 0) is 11.3 Å². The monoisotopic (exact) mass is 408 g/mol. The van der Waals surface area contributed by atoms with Gasteiger partial charge in [-0.1, -0.05) is 35.5 Å². The van der Waals surface area contributed by atoms with Gasteiger partial charge >= 0.3 is 0 Å². The van der Waals surface area contributed by atoms with Crippen LogP contribution in [-0.4, -0.2) is 34.0 Å². The predicted octanol–water partition coefficient (Wildman–Crippen LogP) is 3.97. The molecule has 4 rings (SSSR count). The molecule has 1 aliphatic heterocycles. The van der Waals surface area contributed by atoms with Crippen LogP contribution in [0.15, 0.2) is 59.1 Å². The lowest BCUT2D eigenvalue weighted by atomic mass is 9.96. The first-order valence-corrected chi connectivity index (χ1v) is 10.2. The van der Waals surface area contributed by atoms with Gasteiger partial charge in [0.1, 0.15) is 11.9 Å². The molecule has 1 aliphatic rings. The Labute approximate surface area is 175 Å². The van der Waals surface area contributed by atoms with Gasteiger partial charge in [0.15, 0.2) is 0 Å². The number of halogens is 1. The Balaban J connectivity index is 1.34. The number of rotatable bonds is 6. The number of carbonyl (C=O) groups excluding carboxylic acids is 1. The molecule has 1 amide bonds. The van der Waals surface area contributed by atoms with Crippen LogP contribution < -0.4 is 5.32 Å². The number of carbonyl (C=O) groups is 1. The number of aromatic nitrogens is 2. The second-order valence-corrected chi connectivity index (χ2v) is 7.75. The summed E-state index contributed by atoms with van der Waals surface area (Å²) in [6.45, 7) is 4.41. The molecule has 1 saturated heterocycles. The number of nitrogens with one attached hydrogen (secondary N) is 1. The molecule has 3 aromatic rings. The van der Waals surface area contributed by atoms with Crippen LogP contribution in [0.4, 0.5) is 4.39 Å². The molecule has 1 fully saturated rings. The van der Waals surface area contributed by atoms with E-state index in [-0.39, 0.29) is 17.6 Å². The molecular formula is C23H25FN4O2. The van der Waals surface area contributed by atoms with Crippen molar-refractivity contribution in [1.82, 2.24) is 20.4 Å². The van der Waals surface area contributed by atoms with Gasteiger partial charge in [0.25, 0.3) is 0 Å². The Hall–Kier alpha value is -3.06. The maximum atomic E-state index is 13.1. The molecule has 2 aromatic carbocycles. The van der Waals surface area contributed by atoms with Crippen LogP contribution in [0, 0.1) is 11.7 Å². The molecule has 1 aromatic heterocycles. The molecule has 1 N–H and O–H groups in total. The lowest BCUT2D eigenvalue weighted by molar-refractivity contribution is -0.127. The van der Waals surface area contributed by atoms with E-state index in [4.69, 9.17) is 4.52 Å². The largest absolute Gasteiger partial charge is 0.344 e. The Bertz CT molecular complexity index is 974. The van der Waals surface area contributed by atoms with E-state index in [9.17, 15) is 9.18 Å². The summed E-state index contributed by atoms with van der Waals surface area (Å²) in [4.78, 5) is 19.5. The Morgan fingerprint density at radius 3 is 2.77 bits per heavy atom. The van der Waals surface area contributed by atoms with Crippen molar-refractivity contribution >= 4 is 5.91 Å². The third-order valence-electron chi connectivity index (χ3n) is 5.40. The third kappa shape index (κ3) is 4.91. The molecule has 2 unspecified atom stereocenters. The van der Waals surface area contributed by atoms with Gasteiger partial charge < -0.3 is 9.84 Å². The maximum absolute atomic E-state index is 13.1. The second-order valence-electron chi connectivity index (χ2n) is 7.75. The van der Waals surface area contributed by atoms with E-state index in [0.29, 0.717) is 17.3 Å². The first-order valence-electron chi connectivity index (χ1n) is 10.2. The summed E-state index contributed by atoms with van der Waals surface area (Å²) in [7, 11) is 0. The SMILES string of the molecule is CC(NC(=O)C1CCCN(Cc2ccccc2)C1)c1nc(-c2ccc(F)cc2)no1. The van der Waals surface area contributed by atoms with E-state index in [2.05, 4.69) is 32.5 Å². The van der Waals surface area contributed by atoms with Crippen LogP contribution in [0.5, 0.6) is 0 Å². The second kappa shape index (κ2) is 9.17. The average molecular weight is 408 g/mol. The third-order valence-corrected chi connectivity index (χ3v) is 5.40. The minimum Gasteiger partial charge on any atom is -0.344 e. The number of hydrogen-bond donors (Lipinski definition) is 1. The summed E-state index contributed by atoms with van der Waals surface area (Å²) < 4.78 is 18.4. The van der Waals surface area contributed by atoms with Gasteiger partial charge in [-0.05, 0) is 56.1 Å². The van der Waals surface area contributed by atoms with E-state index < -0.39 is 6.04 Å². The van der Waals surface area contributed by atoms with E-state index in [1.54, 1.807) is 12.1 Å². The molecule has 0 aliphatic carbocycles. The fourth-order valence-corrected chi connectivity index (χ4v) is 3.78. The van der Waals surface area contributed by atoms with E-state index in [1.807, 2.05) is 25.1 Å². The number of likely N-dealkylation sites (tertiary alicyclic amines) is 1. The molecule has 30 heavy (non-hydrogen) atoms. The Morgan fingerprint density at radius 1 is 1.23 bits per heavy atom. The molecule has 0 radical (unpaired) electrons. The van der Waals surface area contributed by atoms with Crippen molar-refractivity contribution < 1.29 is 13.7 Å². The molecular weight excluding hydrogens is 383 g/mol. The van der Waals surface area contributed by atoms with Crippen molar-refractivity contribution in [3.8, 4) is 11.4 Å². The first kappa shape index (κ1) is 20.2. The smallest absolute Gasteiger partial charge is 0.249 e. The summed E-state index contributed by atoms with van der Waals surface area (Å²) in [5, 5.41) is 6.95. The van der Waals surface area contributed by atoms with Crippen molar-refractivity contribution in [3.05, 3.63) is 71.9 Å². The van der Waals surface area contributed by atoms with Crippen molar-refractivity contribution in [2.75, 3.05) is 13.1 Å². The fourth-order valence-electron chi connectivity index (χ4n) is 3.78. The number of nitrogens with zero attached hydrogens (tertiary/aromatic N) is 3. The highest BCUT2D eigenvalue weighted by atomic mass is 19.1. The summed E-state index contributed by atoms with van der Waals surface area (Å²) in [5.74, 6) is 0.320. The summed E-state index contributed by atoms with van der Waals surface area (Å²) in [6.07, 6.45) is 1.86. The lowest BCUT2D eigenvalue weighted by Gasteiger charge is -2.32. The highest BCUT2D eigenvalue weighted by molar-refractivity contribution is 5.79. The zero-order valence-corrected chi connectivity index (χ0v) is 16.9. The summed E-state index contributed by atoms with van der Waals surface area (Å²) in [5.41, 5.74) is 1.92. The quantitative estimate of drug-likeness (QED) is 0.668. The summed E-state index contributed by atoms with van der Waals surface area (Å²) in [6, 6.07) is 15.8. The standard InChI is InChI=1S/C23H25FN4O2/c1-16(23-26-21(27-30-23)18-9-11-20(24)12-10-18)25-22(29)19-8-5-13-28(15-19)14-17-6-3-2-4-7-17/h2-4,6-7,9-12,16,19H,5,8,13-15H2,1H3,(H,25,29). The van der Waals surface area contributed by atoms with Crippen molar-refractivity contribution in [2.24, 2.45) is 5.92 Å². The molecule has 156 valence electrons. The highest BCUT2D eigenvalue weighted by Crippen LogP contribution is 2.22. The fraction of sp³-hybridized carbons (Fsp3) is 0.348. The van der Waals surface area contributed by atoms with Gasteiger partial charge in [0, 0.05) is 18.7 Å². The van der Waals surface area contributed by atoms with Crippen LogP contribution in [0.3, 0.4) is 0 Å². The van der Waals surface area contributed by atoms with Gasteiger partial charge in [-0.25, -0.2) is 4.39 Å². The zero-order valence-electron chi connectivity index (χ0n) is 16.9. The van der Waals surface area contributed by atoms with Gasteiger partial charge in [-0.15, -0.1) is 0 Å². The Kier molecular flexibility index (Phi) is 6.18. The topological polar surface area (TPSA) is 71.3 Å². The first-order chi connectivity index (χ1) is 14.6. The molecule has 0 bridgehead atoms. The normalized spacial score (nSPS) is 18.1. The van der Waals surface area contributed by atoms with Crippen LogP contribution in [0.2, 0.25) is 0 Å². The highest BCUT2D eigenvalue weighted by Gasteiger charge is 2.28. The number of benzene rings is 2. The molecule has 2 atom stereocenters. The van der Waals surface area contributed by atoms with Crippen LogP contribution >= 0.6 is 0 Å². The van der Waals surface area contributed by atoms with Crippen molar-refractivity contribution in [1.29, 1.82) is 0 Å². The minimum absolute atomic E-state index is 0.00166. The van der Waals surface area contributed by atoms with Gasteiger partial charge in [0.2, 0.25) is 17.6 Å². The number of amides is 1. The van der Waals surface area contributed by atoms with Gasteiger partial charge in [0.05, 0.1) is 5.92 Å². The van der Waals surface area contributed by atoms with Crippen molar-refractivity contribution in [3.63, 3.8) is 0 Å². The molecule has 6 nitrogen and oxygen atoms in total. The minimum atomic E-state index is -0.399. The average Bonchev–Trinajstić information content (AvgIpc) is 3.26. The molecule has 0 spiro atoms. The number of piperidine rings is 1. The lowest BCUT2D eigenvalue weighted by Crippen LogP contribution is -2.43. The number of hydrogen-bond acceptors (Lipinski definition) is 5. The zero-order chi connectivity index (χ0) is 20.9.